The molecule has 1 amide bonds. The molecule has 4 nitrogen and oxygen atoms in total. The summed E-state index contributed by atoms with van der Waals surface area (Å²) in [5.41, 5.74) is 1.74. The summed E-state index contributed by atoms with van der Waals surface area (Å²) in [5.74, 6) is 0.0655. The molecule has 1 atom stereocenters. The standard InChI is InChI=1S/C15H17N3O/c19-15(10-11-4-2-8-16-11)18-14-7-1-6-13-12(14)5-3-9-17-13/h1,3,5-7,9,11,16H,2,4,8,10H2,(H,18,19). The van der Waals surface area contributed by atoms with Crippen molar-refractivity contribution < 1.29 is 4.79 Å². The minimum atomic E-state index is 0.0655. The van der Waals surface area contributed by atoms with Crippen LogP contribution in [0.1, 0.15) is 19.3 Å². The number of amides is 1. The molecule has 1 saturated heterocycles. The largest absolute Gasteiger partial charge is 0.325 e. The molecule has 0 saturated carbocycles. The van der Waals surface area contributed by atoms with E-state index in [0.717, 1.165) is 36.0 Å². The second-order valence-corrected chi connectivity index (χ2v) is 4.92. The Morgan fingerprint density at radius 1 is 1.37 bits per heavy atom. The van der Waals surface area contributed by atoms with Crippen molar-refractivity contribution in [1.29, 1.82) is 0 Å². The van der Waals surface area contributed by atoms with E-state index in [1.54, 1.807) is 6.20 Å². The Bertz CT molecular complexity index is 585. The molecule has 0 radical (unpaired) electrons. The van der Waals surface area contributed by atoms with Gasteiger partial charge in [0.05, 0.1) is 11.2 Å². The summed E-state index contributed by atoms with van der Waals surface area (Å²) in [6.45, 7) is 1.02. The van der Waals surface area contributed by atoms with Gasteiger partial charge in [-0.2, -0.15) is 0 Å². The van der Waals surface area contributed by atoms with E-state index in [9.17, 15) is 4.79 Å². The molecule has 0 bridgehead atoms. The molecule has 2 heterocycles. The van der Waals surface area contributed by atoms with Gasteiger partial charge in [-0.15, -0.1) is 0 Å². The monoisotopic (exact) mass is 255 g/mol. The van der Waals surface area contributed by atoms with Gasteiger partial charge in [-0.3, -0.25) is 9.78 Å². The van der Waals surface area contributed by atoms with Crippen molar-refractivity contribution >= 4 is 22.5 Å². The zero-order chi connectivity index (χ0) is 13.1. The fourth-order valence-electron chi connectivity index (χ4n) is 2.57. The fraction of sp³-hybridized carbons (Fsp3) is 0.333. The highest BCUT2D eigenvalue weighted by Gasteiger charge is 2.17. The molecule has 19 heavy (non-hydrogen) atoms. The highest BCUT2D eigenvalue weighted by Crippen LogP contribution is 2.21. The Morgan fingerprint density at radius 3 is 3.16 bits per heavy atom. The van der Waals surface area contributed by atoms with Crippen molar-refractivity contribution in [3.05, 3.63) is 36.5 Å². The molecule has 3 rings (SSSR count). The maximum Gasteiger partial charge on any atom is 0.225 e. The molecular weight excluding hydrogens is 238 g/mol. The van der Waals surface area contributed by atoms with Gasteiger partial charge >= 0.3 is 0 Å². The van der Waals surface area contributed by atoms with E-state index in [-0.39, 0.29) is 5.91 Å². The first-order chi connectivity index (χ1) is 9.33. The second kappa shape index (κ2) is 5.36. The Morgan fingerprint density at radius 2 is 2.32 bits per heavy atom. The van der Waals surface area contributed by atoms with Gasteiger partial charge < -0.3 is 10.6 Å². The van der Waals surface area contributed by atoms with E-state index in [0.29, 0.717) is 12.5 Å². The summed E-state index contributed by atoms with van der Waals surface area (Å²) in [7, 11) is 0. The number of nitrogens with one attached hydrogen (secondary N) is 2. The zero-order valence-electron chi connectivity index (χ0n) is 10.7. The summed E-state index contributed by atoms with van der Waals surface area (Å²) < 4.78 is 0. The van der Waals surface area contributed by atoms with Crippen LogP contribution in [-0.4, -0.2) is 23.5 Å². The molecule has 98 valence electrons. The van der Waals surface area contributed by atoms with E-state index >= 15 is 0 Å². The SMILES string of the molecule is O=C(CC1CCCN1)Nc1cccc2ncccc12. The quantitative estimate of drug-likeness (QED) is 0.885. The van der Waals surface area contributed by atoms with E-state index in [4.69, 9.17) is 0 Å². The third kappa shape index (κ3) is 2.74. The van der Waals surface area contributed by atoms with E-state index in [1.807, 2.05) is 30.3 Å². The highest BCUT2D eigenvalue weighted by molar-refractivity contribution is 6.01. The van der Waals surface area contributed by atoms with Crippen LogP contribution in [0.2, 0.25) is 0 Å². The lowest BCUT2D eigenvalue weighted by Crippen LogP contribution is -2.27. The second-order valence-electron chi connectivity index (χ2n) is 4.92. The van der Waals surface area contributed by atoms with Crippen molar-refractivity contribution in [2.24, 2.45) is 0 Å². The van der Waals surface area contributed by atoms with Crippen molar-refractivity contribution in [3.63, 3.8) is 0 Å². The number of aromatic nitrogens is 1. The average molecular weight is 255 g/mol. The molecule has 0 spiro atoms. The van der Waals surface area contributed by atoms with Gasteiger partial charge in [-0.25, -0.2) is 0 Å². The number of anilines is 1. The fourth-order valence-corrected chi connectivity index (χ4v) is 2.57. The molecule has 4 heteroatoms. The lowest BCUT2D eigenvalue weighted by atomic mass is 10.1. The molecule has 2 aromatic rings. The lowest BCUT2D eigenvalue weighted by Gasteiger charge is -2.11. The Labute approximate surface area is 112 Å². The lowest BCUT2D eigenvalue weighted by molar-refractivity contribution is -0.116. The molecule has 0 aliphatic carbocycles. The summed E-state index contributed by atoms with van der Waals surface area (Å²) in [6, 6.07) is 9.97. The number of carbonyl (C=O) groups is 1. The van der Waals surface area contributed by atoms with Crippen LogP contribution in [0.3, 0.4) is 0 Å². The Balaban J connectivity index is 1.75. The van der Waals surface area contributed by atoms with Gasteiger partial charge in [0.15, 0.2) is 0 Å². The van der Waals surface area contributed by atoms with Crippen LogP contribution in [0.5, 0.6) is 0 Å². The van der Waals surface area contributed by atoms with Crippen LogP contribution >= 0.6 is 0 Å². The van der Waals surface area contributed by atoms with E-state index in [2.05, 4.69) is 15.6 Å². The zero-order valence-corrected chi connectivity index (χ0v) is 10.7. The van der Waals surface area contributed by atoms with Crippen molar-refractivity contribution in [2.45, 2.75) is 25.3 Å². The summed E-state index contributed by atoms with van der Waals surface area (Å²) in [5, 5.41) is 7.31. The first kappa shape index (κ1) is 12.1. The minimum absolute atomic E-state index is 0.0655. The first-order valence-corrected chi connectivity index (χ1v) is 6.70. The maximum absolute atomic E-state index is 12.0. The van der Waals surface area contributed by atoms with Crippen LogP contribution in [0.25, 0.3) is 10.9 Å². The Kier molecular flexibility index (Phi) is 3.42. The normalized spacial score (nSPS) is 18.6. The van der Waals surface area contributed by atoms with Crippen LogP contribution in [0.15, 0.2) is 36.5 Å². The third-order valence-corrected chi connectivity index (χ3v) is 3.51. The van der Waals surface area contributed by atoms with Gasteiger partial charge in [-0.1, -0.05) is 6.07 Å². The van der Waals surface area contributed by atoms with Crippen LogP contribution in [0.4, 0.5) is 5.69 Å². The minimum Gasteiger partial charge on any atom is -0.325 e. The molecule has 1 aliphatic rings. The number of benzene rings is 1. The number of fused-ring (bicyclic) bond motifs is 1. The number of hydrogen-bond donors (Lipinski definition) is 2. The van der Waals surface area contributed by atoms with Crippen molar-refractivity contribution in [3.8, 4) is 0 Å². The van der Waals surface area contributed by atoms with Gasteiger partial charge in [0.2, 0.25) is 5.91 Å². The topological polar surface area (TPSA) is 54.0 Å². The van der Waals surface area contributed by atoms with Gasteiger partial charge in [-0.05, 0) is 43.7 Å². The molecule has 1 aromatic heterocycles. The summed E-state index contributed by atoms with van der Waals surface area (Å²) in [6.07, 6.45) is 4.55. The number of carbonyl (C=O) groups excluding carboxylic acids is 1. The van der Waals surface area contributed by atoms with Crippen LogP contribution in [-0.2, 0) is 4.79 Å². The van der Waals surface area contributed by atoms with Gasteiger partial charge in [0, 0.05) is 24.0 Å². The van der Waals surface area contributed by atoms with E-state index < -0.39 is 0 Å². The predicted octanol–water partition coefficient (Wildman–Crippen LogP) is 2.32. The first-order valence-electron chi connectivity index (χ1n) is 6.70. The molecular formula is C15H17N3O. The average Bonchev–Trinajstić information content (AvgIpc) is 2.92. The van der Waals surface area contributed by atoms with Gasteiger partial charge in [0.1, 0.15) is 0 Å². The summed E-state index contributed by atoms with van der Waals surface area (Å²) in [4.78, 5) is 16.3. The highest BCUT2D eigenvalue weighted by atomic mass is 16.1. The molecule has 1 aliphatic heterocycles. The van der Waals surface area contributed by atoms with Crippen LogP contribution < -0.4 is 10.6 Å². The smallest absolute Gasteiger partial charge is 0.225 e. The number of pyridine rings is 1. The van der Waals surface area contributed by atoms with Crippen LogP contribution in [0, 0.1) is 0 Å². The number of rotatable bonds is 3. The summed E-state index contributed by atoms with van der Waals surface area (Å²) >= 11 is 0. The maximum atomic E-state index is 12.0. The third-order valence-electron chi connectivity index (χ3n) is 3.51. The van der Waals surface area contributed by atoms with Gasteiger partial charge in [0.25, 0.3) is 0 Å². The molecule has 1 aromatic carbocycles. The molecule has 1 unspecified atom stereocenters. The van der Waals surface area contributed by atoms with E-state index in [1.165, 1.54) is 0 Å². The molecule has 1 fully saturated rings. The number of hydrogen-bond acceptors (Lipinski definition) is 3. The van der Waals surface area contributed by atoms with Crippen molar-refractivity contribution in [2.75, 3.05) is 11.9 Å². The predicted molar refractivity (Wildman–Crippen MR) is 76.0 cm³/mol. The molecule has 2 N–H and O–H groups in total. The number of nitrogens with zero attached hydrogens (tertiary/aromatic N) is 1. The Hall–Kier alpha value is -1.94. The van der Waals surface area contributed by atoms with Crippen molar-refractivity contribution in [1.82, 2.24) is 10.3 Å².